The van der Waals surface area contributed by atoms with Crippen LogP contribution in [0.25, 0.3) is 0 Å². The molecule has 2 aromatic rings. The summed E-state index contributed by atoms with van der Waals surface area (Å²) < 4.78 is 0. The summed E-state index contributed by atoms with van der Waals surface area (Å²) in [4.78, 5) is 19.1. The van der Waals surface area contributed by atoms with Gasteiger partial charge in [-0.3, -0.25) is 14.6 Å². The maximum absolute atomic E-state index is 12.2. The van der Waals surface area contributed by atoms with Crippen molar-refractivity contribution in [3.05, 3.63) is 65.7 Å². The van der Waals surface area contributed by atoms with Gasteiger partial charge in [0.15, 0.2) is 0 Å². The third-order valence-corrected chi connectivity index (χ3v) is 5.51. The van der Waals surface area contributed by atoms with Gasteiger partial charge in [-0.1, -0.05) is 42.5 Å². The minimum Gasteiger partial charge on any atom is -0.372 e. The smallest absolute Gasteiger partial charge is 0.254 e. The number of hydrogen-bond donors (Lipinski definition) is 1. The summed E-state index contributed by atoms with van der Waals surface area (Å²) in [5.41, 5.74) is 6.16. The monoisotopic (exact) mass is 407 g/mol. The topological polar surface area (TPSA) is 51.2 Å². The average Bonchev–Trinajstić information content (AvgIpc) is 2.78. The molecule has 0 aromatic heterocycles. The molecule has 1 aliphatic heterocycles. The number of nitrogens with one attached hydrogen (secondary N) is 1. The summed E-state index contributed by atoms with van der Waals surface area (Å²) in [5.74, 6) is -0.0671. The van der Waals surface area contributed by atoms with Gasteiger partial charge < -0.3 is 4.90 Å². The maximum Gasteiger partial charge on any atom is 0.254 e. The van der Waals surface area contributed by atoms with Crippen molar-refractivity contribution in [3.8, 4) is 0 Å². The van der Waals surface area contributed by atoms with Crippen molar-refractivity contribution in [2.75, 3.05) is 50.7 Å². The summed E-state index contributed by atoms with van der Waals surface area (Å²) >= 11 is 0. The van der Waals surface area contributed by atoms with Gasteiger partial charge in [-0.2, -0.15) is 5.10 Å². The van der Waals surface area contributed by atoms with Crippen LogP contribution in [0, 0.1) is 0 Å². The number of anilines is 1. The molecule has 1 aliphatic rings. The number of amides is 1. The molecule has 30 heavy (non-hydrogen) atoms. The number of nitrogens with zero attached hydrogens (tertiary/aromatic N) is 4. The Morgan fingerprint density at radius 2 is 1.60 bits per heavy atom. The fourth-order valence-electron chi connectivity index (χ4n) is 3.72. The van der Waals surface area contributed by atoms with Gasteiger partial charge in [0.1, 0.15) is 0 Å². The zero-order chi connectivity index (χ0) is 21.2. The largest absolute Gasteiger partial charge is 0.372 e. The van der Waals surface area contributed by atoms with E-state index in [2.05, 4.69) is 75.5 Å². The van der Waals surface area contributed by atoms with Crippen molar-refractivity contribution in [2.45, 2.75) is 20.4 Å². The minimum atomic E-state index is -0.0671. The standard InChI is InChI=1S/C24H33N5O/c1-3-29(4-2)23-12-10-21(11-13-23)18-25-26-24(30)20-28-16-14-27(15-17-28)19-22-8-6-5-7-9-22/h5-13,18H,3-4,14-17,19-20H2,1-2H3,(H,26,30)/b25-18-. The fourth-order valence-corrected chi connectivity index (χ4v) is 3.72. The summed E-state index contributed by atoms with van der Waals surface area (Å²) in [6, 6.07) is 18.8. The lowest BCUT2D eigenvalue weighted by Crippen LogP contribution is -2.48. The first kappa shape index (κ1) is 22.0. The van der Waals surface area contributed by atoms with E-state index >= 15 is 0 Å². The van der Waals surface area contributed by atoms with Gasteiger partial charge in [0.2, 0.25) is 0 Å². The molecule has 3 rings (SSSR count). The Morgan fingerprint density at radius 3 is 2.23 bits per heavy atom. The van der Waals surface area contributed by atoms with Gasteiger partial charge in [0.05, 0.1) is 12.8 Å². The molecule has 6 heteroatoms. The number of rotatable bonds is 9. The molecule has 160 valence electrons. The molecule has 1 saturated heterocycles. The lowest BCUT2D eigenvalue weighted by molar-refractivity contribution is -0.122. The maximum atomic E-state index is 12.2. The van der Waals surface area contributed by atoms with Crippen LogP contribution >= 0.6 is 0 Å². The van der Waals surface area contributed by atoms with E-state index in [-0.39, 0.29) is 5.91 Å². The van der Waals surface area contributed by atoms with Crippen LogP contribution in [0.1, 0.15) is 25.0 Å². The quantitative estimate of drug-likeness (QED) is 0.513. The third-order valence-electron chi connectivity index (χ3n) is 5.51. The van der Waals surface area contributed by atoms with Crippen molar-refractivity contribution >= 4 is 17.8 Å². The minimum absolute atomic E-state index is 0.0671. The van der Waals surface area contributed by atoms with E-state index in [0.29, 0.717) is 6.54 Å². The van der Waals surface area contributed by atoms with Gasteiger partial charge in [-0.25, -0.2) is 5.43 Å². The van der Waals surface area contributed by atoms with E-state index in [4.69, 9.17) is 0 Å². The van der Waals surface area contributed by atoms with Crippen LogP contribution in [-0.2, 0) is 11.3 Å². The molecule has 1 amide bonds. The van der Waals surface area contributed by atoms with Crippen LogP contribution < -0.4 is 10.3 Å². The Morgan fingerprint density at radius 1 is 0.967 bits per heavy atom. The first-order valence-electron chi connectivity index (χ1n) is 10.8. The average molecular weight is 408 g/mol. The van der Waals surface area contributed by atoms with Crippen LogP contribution in [0.3, 0.4) is 0 Å². The van der Waals surface area contributed by atoms with E-state index in [9.17, 15) is 4.79 Å². The number of carbonyl (C=O) groups excluding carboxylic acids is 1. The van der Waals surface area contributed by atoms with E-state index < -0.39 is 0 Å². The molecule has 0 atom stereocenters. The summed E-state index contributed by atoms with van der Waals surface area (Å²) in [5, 5.41) is 4.12. The molecule has 2 aromatic carbocycles. The second-order valence-corrected chi connectivity index (χ2v) is 7.59. The molecule has 1 heterocycles. The highest BCUT2D eigenvalue weighted by Gasteiger charge is 2.18. The van der Waals surface area contributed by atoms with Gasteiger partial charge >= 0.3 is 0 Å². The van der Waals surface area contributed by atoms with Gasteiger partial charge in [0, 0.05) is 51.5 Å². The lowest BCUT2D eigenvalue weighted by Gasteiger charge is -2.34. The molecule has 0 saturated carbocycles. The molecule has 1 N–H and O–H groups in total. The first-order chi connectivity index (χ1) is 14.7. The van der Waals surface area contributed by atoms with Crippen LogP contribution in [0.2, 0.25) is 0 Å². The Bertz CT molecular complexity index is 794. The Labute approximate surface area is 180 Å². The van der Waals surface area contributed by atoms with Crippen LogP contribution in [0.5, 0.6) is 0 Å². The molecular weight excluding hydrogens is 374 g/mol. The zero-order valence-electron chi connectivity index (χ0n) is 18.1. The Kier molecular flexibility index (Phi) is 8.41. The zero-order valence-corrected chi connectivity index (χ0v) is 18.1. The predicted octanol–water partition coefficient (Wildman–Crippen LogP) is 2.80. The Balaban J connectivity index is 1.38. The number of carbonyl (C=O) groups is 1. The van der Waals surface area contributed by atoms with Crippen molar-refractivity contribution in [3.63, 3.8) is 0 Å². The second kappa shape index (κ2) is 11.5. The van der Waals surface area contributed by atoms with Crippen molar-refractivity contribution in [1.82, 2.24) is 15.2 Å². The van der Waals surface area contributed by atoms with E-state index in [1.54, 1.807) is 6.21 Å². The first-order valence-corrected chi connectivity index (χ1v) is 10.8. The van der Waals surface area contributed by atoms with E-state index in [1.807, 2.05) is 18.2 Å². The molecule has 0 aliphatic carbocycles. The molecule has 1 fully saturated rings. The number of hydrogen-bond acceptors (Lipinski definition) is 5. The molecule has 0 radical (unpaired) electrons. The summed E-state index contributed by atoms with van der Waals surface area (Å²) in [6.07, 6.45) is 1.70. The van der Waals surface area contributed by atoms with Crippen LogP contribution in [0.4, 0.5) is 5.69 Å². The number of hydrazone groups is 1. The van der Waals surface area contributed by atoms with Crippen LogP contribution in [-0.4, -0.2) is 67.7 Å². The highest BCUT2D eigenvalue weighted by Crippen LogP contribution is 2.14. The molecule has 6 nitrogen and oxygen atoms in total. The van der Waals surface area contributed by atoms with Crippen molar-refractivity contribution in [2.24, 2.45) is 5.10 Å². The summed E-state index contributed by atoms with van der Waals surface area (Å²) in [6.45, 7) is 11.4. The van der Waals surface area contributed by atoms with Gasteiger partial charge in [0.25, 0.3) is 5.91 Å². The van der Waals surface area contributed by atoms with Crippen molar-refractivity contribution in [1.29, 1.82) is 0 Å². The predicted molar refractivity (Wildman–Crippen MR) is 124 cm³/mol. The molecule has 0 spiro atoms. The highest BCUT2D eigenvalue weighted by molar-refractivity contribution is 5.83. The van der Waals surface area contributed by atoms with Crippen molar-refractivity contribution < 1.29 is 4.79 Å². The fraction of sp³-hybridized carbons (Fsp3) is 0.417. The van der Waals surface area contributed by atoms with E-state index in [1.165, 1.54) is 11.3 Å². The highest BCUT2D eigenvalue weighted by atomic mass is 16.2. The summed E-state index contributed by atoms with van der Waals surface area (Å²) in [7, 11) is 0. The van der Waals surface area contributed by atoms with Gasteiger partial charge in [-0.05, 0) is 37.1 Å². The molecule has 0 unspecified atom stereocenters. The normalized spacial score (nSPS) is 15.4. The third kappa shape index (κ3) is 6.68. The SMILES string of the molecule is CCN(CC)c1ccc(/C=N\NC(=O)CN2CCN(Cc3ccccc3)CC2)cc1. The lowest BCUT2D eigenvalue weighted by atomic mass is 10.2. The van der Waals surface area contributed by atoms with Gasteiger partial charge in [-0.15, -0.1) is 0 Å². The second-order valence-electron chi connectivity index (χ2n) is 7.59. The molecular formula is C24H33N5O. The molecule has 0 bridgehead atoms. The Hall–Kier alpha value is -2.70. The van der Waals surface area contributed by atoms with E-state index in [0.717, 1.165) is 51.4 Å². The van der Waals surface area contributed by atoms with Crippen LogP contribution in [0.15, 0.2) is 59.7 Å². The number of benzene rings is 2. The number of piperazine rings is 1.